The van der Waals surface area contributed by atoms with E-state index in [0.29, 0.717) is 6.04 Å². The van der Waals surface area contributed by atoms with E-state index in [4.69, 9.17) is 13.9 Å². The fourth-order valence-corrected chi connectivity index (χ4v) is 3.00. The second kappa shape index (κ2) is 4.80. The molecule has 4 heteroatoms. The lowest BCUT2D eigenvalue weighted by Crippen LogP contribution is -2.41. The van der Waals surface area contributed by atoms with Crippen LogP contribution in [-0.2, 0) is 16.0 Å². The van der Waals surface area contributed by atoms with Gasteiger partial charge >= 0.3 is 0 Å². The molecule has 2 saturated heterocycles. The van der Waals surface area contributed by atoms with Crippen LogP contribution in [0.4, 0.5) is 0 Å². The Kier molecular flexibility index (Phi) is 3.18. The molecule has 0 aliphatic carbocycles. The quantitative estimate of drug-likeness (QED) is 0.801. The minimum atomic E-state index is 0.204. The first-order chi connectivity index (χ1) is 8.38. The van der Waals surface area contributed by atoms with E-state index in [0.717, 1.165) is 31.9 Å². The van der Waals surface area contributed by atoms with Gasteiger partial charge in [0.2, 0.25) is 0 Å². The average molecular weight is 237 g/mol. The molecular formula is C13H19NO3. The van der Waals surface area contributed by atoms with E-state index in [1.807, 2.05) is 12.1 Å². The standard InChI is InChI=1S/C13H19NO3/c1-15-12-9-14(8-10-4-2-6-16-10)11-5-3-7-17-13(11)12/h2,4,6,11-13H,3,5,7-9H2,1H3/t11-,12+,13+/m0/s1. The van der Waals surface area contributed by atoms with Gasteiger partial charge in [-0.15, -0.1) is 0 Å². The molecule has 17 heavy (non-hydrogen) atoms. The van der Waals surface area contributed by atoms with E-state index < -0.39 is 0 Å². The van der Waals surface area contributed by atoms with Crippen molar-refractivity contribution in [2.45, 2.75) is 37.6 Å². The van der Waals surface area contributed by atoms with Crippen LogP contribution in [-0.4, -0.2) is 43.4 Å². The molecular weight excluding hydrogens is 218 g/mol. The lowest BCUT2D eigenvalue weighted by atomic mass is 10.0. The Hall–Kier alpha value is -0.840. The molecule has 0 amide bonds. The number of hydrogen-bond donors (Lipinski definition) is 0. The number of ether oxygens (including phenoxy) is 2. The van der Waals surface area contributed by atoms with Crippen molar-refractivity contribution < 1.29 is 13.9 Å². The van der Waals surface area contributed by atoms with Crippen molar-refractivity contribution in [3.8, 4) is 0 Å². The number of fused-ring (bicyclic) bond motifs is 1. The van der Waals surface area contributed by atoms with Gasteiger partial charge < -0.3 is 13.9 Å². The van der Waals surface area contributed by atoms with Crippen LogP contribution in [0, 0.1) is 0 Å². The molecule has 3 heterocycles. The van der Waals surface area contributed by atoms with Gasteiger partial charge in [-0.25, -0.2) is 0 Å². The number of likely N-dealkylation sites (tertiary alicyclic amines) is 1. The van der Waals surface area contributed by atoms with Crippen molar-refractivity contribution >= 4 is 0 Å². The normalized spacial score (nSPS) is 33.8. The molecule has 3 rings (SSSR count). The van der Waals surface area contributed by atoms with E-state index in [-0.39, 0.29) is 12.2 Å². The van der Waals surface area contributed by atoms with E-state index in [1.54, 1.807) is 13.4 Å². The molecule has 0 spiro atoms. The third-order valence-corrected chi connectivity index (χ3v) is 3.83. The van der Waals surface area contributed by atoms with Gasteiger partial charge in [0, 0.05) is 26.3 Å². The van der Waals surface area contributed by atoms with Gasteiger partial charge in [-0.1, -0.05) is 0 Å². The molecule has 2 aliphatic heterocycles. The Balaban J connectivity index is 1.72. The second-order valence-electron chi connectivity index (χ2n) is 4.83. The third kappa shape index (κ3) is 2.12. The average Bonchev–Trinajstić information content (AvgIpc) is 2.98. The Bertz CT molecular complexity index is 352. The summed E-state index contributed by atoms with van der Waals surface area (Å²) in [5.41, 5.74) is 0. The topological polar surface area (TPSA) is 34.8 Å². The van der Waals surface area contributed by atoms with Crippen LogP contribution < -0.4 is 0 Å². The maximum atomic E-state index is 5.86. The summed E-state index contributed by atoms with van der Waals surface area (Å²) in [6, 6.07) is 4.45. The molecule has 3 atom stereocenters. The molecule has 2 fully saturated rings. The summed E-state index contributed by atoms with van der Waals surface area (Å²) < 4.78 is 16.8. The number of furan rings is 1. The first kappa shape index (κ1) is 11.3. The lowest BCUT2D eigenvalue weighted by molar-refractivity contribution is -0.0657. The summed E-state index contributed by atoms with van der Waals surface area (Å²) >= 11 is 0. The summed E-state index contributed by atoms with van der Waals surface area (Å²) in [5.74, 6) is 1.02. The summed E-state index contributed by atoms with van der Waals surface area (Å²) in [6.45, 7) is 2.67. The molecule has 0 radical (unpaired) electrons. The maximum Gasteiger partial charge on any atom is 0.117 e. The predicted octanol–water partition coefficient (Wildman–Crippen LogP) is 1.66. The molecule has 4 nitrogen and oxygen atoms in total. The van der Waals surface area contributed by atoms with Crippen molar-refractivity contribution in [2.75, 3.05) is 20.3 Å². The number of nitrogens with zero attached hydrogens (tertiary/aromatic N) is 1. The van der Waals surface area contributed by atoms with Gasteiger partial charge in [0.05, 0.1) is 18.9 Å². The van der Waals surface area contributed by atoms with Crippen LogP contribution >= 0.6 is 0 Å². The fraction of sp³-hybridized carbons (Fsp3) is 0.692. The second-order valence-corrected chi connectivity index (χ2v) is 4.83. The summed E-state index contributed by atoms with van der Waals surface area (Å²) in [7, 11) is 1.77. The van der Waals surface area contributed by atoms with Crippen molar-refractivity contribution in [3.05, 3.63) is 24.2 Å². The first-order valence-electron chi connectivity index (χ1n) is 6.29. The highest BCUT2D eigenvalue weighted by atomic mass is 16.5. The zero-order valence-electron chi connectivity index (χ0n) is 10.2. The first-order valence-corrected chi connectivity index (χ1v) is 6.29. The monoisotopic (exact) mass is 237 g/mol. The summed E-state index contributed by atoms with van der Waals surface area (Å²) in [4.78, 5) is 2.43. The molecule has 0 N–H and O–H groups in total. The molecule has 1 aromatic heterocycles. The molecule has 0 aromatic carbocycles. The maximum absolute atomic E-state index is 5.86. The van der Waals surface area contributed by atoms with Gasteiger partial charge in [-0.3, -0.25) is 4.90 Å². The number of methoxy groups -OCH3 is 1. The highest BCUT2D eigenvalue weighted by Gasteiger charge is 2.44. The van der Waals surface area contributed by atoms with Gasteiger partial charge in [0.15, 0.2) is 0 Å². The minimum absolute atomic E-state index is 0.204. The molecule has 2 aliphatic rings. The Morgan fingerprint density at radius 3 is 3.24 bits per heavy atom. The van der Waals surface area contributed by atoms with Crippen LogP contribution in [0.3, 0.4) is 0 Å². The summed E-state index contributed by atoms with van der Waals surface area (Å²) in [6.07, 6.45) is 4.52. The highest BCUT2D eigenvalue weighted by Crippen LogP contribution is 2.31. The third-order valence-electron chi connectivity index (χ3n) is 3.83. The zero-order chi connectivity index (χ0) is 11.7. The molecule has 0 unspecified atom stereocenters. The zero-order valence-corrected chi connectivity index (χ0v) is 10.2. The van der Waals surface area contributed by atoms with E-state index in [2.05, 4.69) is 4.90 Å². The smallest absolute Gasteiger partial charge is 0.117 e. The van der Waals surface area contributed by atoms with Gasteiger partial charge in [0.25, 0.3) is 0 Å². The van der Waals surface area contributed by atoms with Gasteiger partial charge in [-0.2, -0.15) is 0 Å². The fourth-order valence-electron chi connectivity index (χ4n) is 3.00. The Labute approximate surface area is 101 Å². The number of rotatable bonds is 3. The lowest BCUT2D eigenvalue weighted by Gasteiger charge is -2.31. The number of hydrogen-bond acceptors (Lipinski definition) is 4. The molecule has 94 valence electrons. The van der Waals surface area contributed by atoms with Gasteiger partial charge in [0.1, 0.15) is 11.9 Å². The molecule has 1 aromatic rings. The van der Waals surface area contributed by atoms with Crippen molar-refractivity contribution in [1.82, 2.24) is 4.90 Å². The molecule has 0 bridgehead atoms. The van der Waals surface area contributed by atoms with E-state index in [9.17, 15) is 0 Å². The van der Waals surface area contributed by atoms with E-state index >= 15 is 0 Å². The van der Waals surface area contributed by atoms with Crippen molar-refractivity contribution in [3.63, 3.8) is 0 Å². The predicted molar refractivity (Wildman–Crippen MR) is 62.7 cm³/mol. The van der Waals surface area contributed by atoms with Crippen LogP contribution in [0.1, 0.15) is 18.6 Å². The summed E-state index contributed by atoms with van der Waals surface area (Å²) in [5, 5.41) is 0. The van der Waals surface area contributed by atoms with Gasteiger partial charge in [-0.05, 0) is 25.0 Å². The highest BCUT2D eigenvalue weighted by molar-refractivity contribution is 5.03. The molecule has 0 saturated carbocycles. The van der Waals surface area contributed by atoms with Crippen LogP contribution in [0.5, 0.6) is 0 Å². The van der Waals surface area contributed by atoms with Crippen molar-refractivity contribution in [2.24, 2.45) is 0 Å². The van der Waals surface area contributed by atoms with Crippen LogP contribution in [0.25, 0.3) is 0 Å². The van der Waals surface area contributed by atoms with Crippen molar-refractivity contribution in [1.29, 1.82) is 0 Å². The van der Waals surface area contributed by atoms with Crippen LogP contribution in [0.15, 0.2) is 22.8 Å². The van der Waals surface area contributed by atoms with E-state index in [1.165, 1.54) is 6.42 Å². The van der Waals surface area contributed by atoms with Crippen LogP contribution in [0.2, 0.25) is 0 Å². The largest absolute Gasteiger partial charge is 0.468 e. The Morgan fingerprint density at radius 1 is 1.53 bits per heavy atom. The SMILES string of the molecule is CO[C@@H]1CN(Cc2ccco2)[C@H]2CCCO[C@@H]12. The Morgan fingerprint density at radius 2 is 2.47 bits per heavy atom. The minimum Gasteiger partial charge on any atom is -0.468 e.